The van der Waals surface area contributed by atoms with Crippen LogP contribution in [0.25, 0.3) is 0 Å². The highest BCUT2D eigenvalue weighted by Crippen LogP contribution is 2.04. The Labute approximate surface area is 102 Å². The van der Waals surface area contributed by atoms with Gasteiger partial charge in [-0.2, -0.15) is 0 Å². The third-order valence-corrected chi connectivity index (χ3v) is 2.90. The molecule has 1 saturated heterocycles. The molecule has 1 fully saturated rings. The minimum atomic E-state index is 0.121. The van der Waals surface area contributed by atoms with E-state index in [0.717, 1.165) is 44.8 Å². The van der Waals surface area contributed by atoms with Crippen LogP contribution in [0.3, 0.4) is 0 Å². The molecule has 0 saturated carbocycles. The zero-order chi connectivity index (χ0) is 11.9. The summed E-state index contributed by atoms with van der Waals surface area (Å²) < 4.78 is 0. The second-order valence-electron chi connectivity index (χ2n) is 4.16. The Bertz CT molecular complexity index is 343. The summed E-state index contributed by atoms with van der Waals surface area (Å²) in [6, 6.07) is 9.48. The van der Waals surface area contributed by atoms with Crippen molar-refractivity contribution in [2.45, 2.75) is 0 Å². The first kappa shape index (κ1) is 12.1. The molecule has 0 spiro atoms. The zero-order valence-corrected chi connectivity index (χ0v) is 9.98. The highest BCUT2D eigenvalue weighted by Gasteiger charge is 2.15. The molecule has 17 heavy (non-hydrogen) atoms. The van der Waals surface area contributed by atoms with Gasteiger partial charge in [0.15, 0.2) is 0 Å². The Hall–Kier alpha value is -1.39. The Kier molecular flexibility index (Phi) is 4.53. The molecule has 1 aliphatic heterocycles. The molecule has 0 unspecified atom stereocenters. The van der Waals surface area contributed by atoms with Crippen molar-refractivity contribution in [1.29, 1.82) is 0 Å². The molecule has 0 bridgehead atoms. The summed E-state index contributed by atoms with van der Waals surface area (Å²) in [5.74, 6) is 0.121. The highest BCUT2D eigenvalue weighted by atomic mass is 16.2. The van der Waals surface area contributed by atoms with Crippen LogP contribution in [0.15, 0.2) is 30.3 Å². The molecule has 2 rings (SSSR count). The molecule has 4 heteroatoms. The fraction of sp³-hybridized carbons (Fsp3) is 0.462. The van der Waals surface area contributed by atoms with E-state index >= 15 is 0 Å². The number of nitrogens with zero attached hydrogens (tertiary/aromatic N) is 1. The lowest BCUT2D eigenvalue weighted by Crippen LogP contribution is -2.38. The second-order valence-corrected chi connectivity index (χ2v) is 4.16. The van der Waals surface area contributed by atoms with Gasteiger partial charge in [-0.25, -0.2) is 0 Å². The fourth-order valence-electron chi connectivity index (χ4n) is 1.93. The SMILES string of the molecule is O=C(c1ccccc1)N1CCNCCNCC1. The van der Waals surface area contributed by atoms with Crippen LogP contribution in [0.2, 0.25) is 0 Å². The maximum Gasteiger partial charge on any atom is 0.253 e. The van der Waals surface area contributed by atoms with Crippen molar-refractivity contribution in [2.24, 2.45) is 0 Å². The summed E-state index contributed by atoms with van der Waals surface area (Å²) in [6.45, 7) is 5.20. The van der Waals surface area contributed by atoms with Gasteiger partial charge in [0.05, 0.1) is 0 Å². The van der Waals surface area contributed by atoms with Crippen LogP contribution in [-0.2, 0) is 0 Å². The summed E-state index contributed by atoms with van der Waals surface area (Å²) in [4.78, 5) is 14.2. The van der Waals surface area contributed by atoms with Gasteiger partial charge in [0.25, 0.3) is 5.91 Å². The first-order valence-electron chi connectivity index (χ1n) is 6.14. The van der Waals surface area contributed by atoms with Crippen LogP contribution >= 0.6 is 0 Å². The molecular weight excluding hydrogens is 214 g/mol. The molecule has 2 N–H and O–H groups in total. The van der Waals surface area contributed by atoms with Crippen LogP contribution in [0.4, 0.5) is 0 Å². The Balaban J connectivity index is 2.01. The molecule has 1 aromatic carbocycles. The normalized spacial score (nSPS) is 18.0. The van der Waals surface area contributed by atoms with Crippen LogP contribution in [0.1, 0.15) is 10.4 Å². The number of carbonyl (C=O) groups excluding carboxylic acids is 1. The lowest BCUT2D eigenvalue weighted by Gasteiger charge is -2.22. The van der Waals surface area contributed by atoms with Crippen molar-refractivity contribution >= 4 is 5.91 Å². The van der Waals surface area contributed by atoms with Gasteiger partial charge in [-0.05, 0) is 12.1 Å². The van der Waals surface area contributed by atoms with E-state index in [0.29, 0.717) is 0 Å². The summed E-state index contributed by atoms with van der Waals surface area (Å²) in [6.07, 6.45) is 0. The van der Waals surface area contributed by atoms with E-state index in [1.54, 1.807) is 0 Å². The molecule has 1 aliphatic rings. The standard InChI is InChI=1S/C13H19N3O/c17-13(12-4-2-1-3-5-12)16-10-8-14-6-7-15-9-11-16/h1-5,14-15H,6-11H2. The van der Waals surface area contributed by atoms with E-state index in [2.05, 4.69) is 10.6 Å². The highest BCUT2D eigenvalue weighted by molar-refractivity contribution is 5.94. The van der Waals surface area contributed by atoms with Gasteiger partial charge in [-0.1, -0.05) is 18.2 Å². The molecule has 1 heterocycles. The molecule has 0 atom stereocenters. The van der Waals surface area contributed by atoms with Gasteiger partial charge in [-0.3, -0.25) is 4.79 Å². The molecule has 0 radical (unpaired) electrons. The van der Waals surface area contributed by atoms with E-state index in [-0.39, 0.29) is 5.91 Å². The van der Waals surface area contributed by atoms with E-state index in [1.807, 2.05) is 35.2 Å². The number of hydrogen-bond acceptors (Lipinski definition) is 3. The van der Waals surface area contributed by atoms with Crippen molar-refractivity contribution in [3.8, 4) is 0 Å². The average molecular weight is 233 g/mol. The number of amides is 1. The van der Waals surface area contributed by atoms with Gasteiger partial charge in [0, 0.05) is 44.8 Å². The number of nitrogens with one attached hydrogen (secondary N) is 2. The monoisotopic (exact) mass is 233 g/mol. The smallest absolute Gasteiger partial charge is 0.253 e. The number of carbonyl (C=O) groups is 1. The molecular formula is C13H19N3O. The third kappa shape index (κ3) is 3.54. The first-order chi connectivity index (χ1) is 8.38. The molecule has 0 aliphatic carbocycles. The predicted molar refractivity (Wildman–Crippen MR) is 68.1 cm³/mol. The lowest BCUT2D eigenvalue weighted by molar-refractivity contribution is 0.0761. The molecule has 4 nitrogen and oxygen atoms in total. The van der Waals surface area contributed by atoms with Crippen molar-refractivity contribution in [3.63, 3.8) is 0 Å². The molecule has 0 aromatic heterocycles. The largest absolute Gasteiger partial charge is 0.336 e. The van der Waals surface area contributed by atoms with Crippen LogP contribution in [0, 0.1) is 0 Å². The topological polar surface area (TPSA) is 44.4 Å². The molecule has 1 amide bonds. The average Bonchev–Trinajstić information content (AvgIpc) is 2.52. The summed E-state index contributed by atoms with van der Waals surface area (Å²) in [5, 5.41) is 6.61. The van der Waals surface area contributed by atoms with Crippen molar-refractivity contribution in [2.75, 3.05) is 39.3 Å². The molecule has 1 aromatic rings. The van der Waals surface area contributed by atoms with Crippen LogP contribution in [-0.4, -0.2) is 50.1 Å². The first-order valence-corrected chi connectivity index (χ1v) is 6.14. The van der Waals surface area contributed by atoms with Gasteiger partial charge in [0.2, 0.25) is 0 Å². The maximum atomic E-state index is 12.2. The summed E-state index contributed by atoms with van der Waals surface area (Å²) >= 11 is 0. The number of hydrogen-bond donors (Lipinski definition) is 2. The van der Waals surface area contributed by atoms with E-state index in [4.69, 9.17) is 0 Å². The van der Waals surface area contributed by atoms with Gasteiger partial charge in [0.1, 0.15) is 0 Å². The van der Waals surface area contributed by atoms with Gasteiger partial charge in [-0.15, -0.1) is 0 Å². The lowest BCUT2D eigenvalue weighted by atomic mass is 10.2. The number of rotatable bonds is 1. The second kappa shape index (κ2) is 6.37. The van der Waals surface area contributed by atoms with E-state index in [9.17, 15) is 4.79 Å². The Morgan fingerprint density at radius 1 is 0.941 bits per heavy atom. The van der Waals surface area contributed by atoms with Gasteiger partial charge >= 0.3 is 0 Å². The van der Waals surface area contributed by atoms with Crippen molar-refractivity contribution in [3.05, 3.63) is 35.9 Å². The minimum Gasteiger partial charge on any atom is -0.336 e. The summed E-state index contributed by atoms with van der Waals surface area (Å²) in [5.41, 5.74) is 0.770. The number of benzene rings is 1. The van der Waals surface area contributed by atoms with Crippen LogP contribution in [0.5, 0.6) is 0 Å². The molecule has 92 valence electrons. The Morgan fingerprint density at radius 2 is 1.53 bits per heavy atom. The quantitative estimate of drug-likeness (QED) is 0.734. The Morgan fingerprint density at radius 3 is 2.12 bits per heavy atom. The minimum absolute atomic E-state index is 0.121. The van der Waals surface area contributed by atoms with Gasteiger partial charge < -0.3 is 15.5 Å². The zero-order valence-electron chi connectivity index (χ0n) is 9.98. The summed E-state index contributed by atoms with van der Waals surface area (Å²) in [7, 11) is 0. The van der Waals surface area contributed by atoms with Crippen molar-refractivity contribution in [1.82, 2.24) is 15.5 Å². The predicted octanol–water partition coefficient (Wildman–Crippen LogP) is 0.322. The van der Waals surface area contributed by atoms with E-state index < -0.39 is 0 Å². The van der Waals surface area contributed by atoms with E-state index in [1.165, 1.54) is 0 Å². The maximum absolute atomic E-state index is 12.2. The third-order valence-electron chi connectivity index (χ3n) is 2.90. The van der Waals surface area contributed by atoms with Crippen LogP contribution < -0.4 is 10.6 Å². The van der Waals surface area contributed by atoms with Crippen molar-refractivity contribution < 1.29 is 4.79 Å². The fourth-order valence-corrected chi connectivity index (χ4v) is 1.93.